The van der Waals surface area contributed by atoms with E-state index in [1.165, 1.54) is 30.6 Å². The Hall–Kier alpha value is -1.77. The van der Waals surface area contributed by atoms with Crippen LogP contribution in [-0.2, 0) is 0 Å². The normalized spacial score (nSPS) is 15.9. The molecule has 0 saturated carbocycles. The van der Waals surface area contributed by atoms with E-state index in [9.17, 15) is 0 Å². The number of nitrogens with zero attached hydrogens (tertiary/aromatic N) is 3. The molecule has 1 aliphatic heterocycles. The molecular weight excluding hydrogens is 222 g/mol. The molecule has 0 unspecified atom stereocenters. The summed E-state index contributed by atoms with van der Waals surface area (Å²) in [5, 5.41) is 4.47. The van der Waals surface area contributed by atoms with Crippen molar-refractivity contribution < 1.29 is 0 Å². The second-order valence-corrected chi connectivity index (χ2v) is 4.98. The zero-order valence-corrected chi connectivity index (χ0v) is 10.8. The van der Waals surface area contributed by atoms with E-state index in [2.05, 4.69) is 47.3 Å². The molecular formula is C15H19N3. The summed E-state index contributed by atoms with van der Waals surface area (Å²) in [7, 11) is 0. The van der Waals surface area contributed by atoms with Crippen LogP contribution in [0.4, 0.5) is 5.82 Å². The maximum absolute atomic E-state index is 4.47. The fourth-order valence-corrected chi connectivity index (χ4v) is 2.54. The van der Waals surface area contributed by atoms with Crippen molar-refractivity contribution in [2.75, 3.05) is 18.0 Å². The van der Waals surface area contributed by atoms with Crippen molar-refractivity contribution in [3.05, 3.63) is 42.1 Å². The lowest BCUT2D eigenvalue weighted by molar-refractivity contribution is 0.567. The summed E-state index contributed by atoms with van der Waals surface area (Å²) < 4.78 is 2.05. The maximum atomic E-state index is 4.47. The molecule has 3 heteroatoms. The van der Waals surface area contributed by atoms with Gasteiger partial charge < -0.3 is 4.90 Å². The minimum atomic E-state index is 1.14. The molecule has 0 aliphatic carbocycles. The molecule has 94 valence electrons. The first-order valence-electron chi connectivity index (χ1n) is 6.70. The van der Waals surface area contributed by atoms with Crippen LogP contribution < -0.4 is 4.90 Å². The number of rotatable bonds is 2. The number of hydrogen-bond donors (Lipinski definition) is 0. The van der Waals surface area contributed by atoms with Crippen LogP contribution in [0.25, 0.3) is 5.69 Å². The van der Waals surface area contributed by atoms with Crippen LogP contribution in [-0.4, -0.2) is 22.9 Å². The van der Waals surface area contributed by atoms with Crippen LogP contribution in [0.1, 0.15) is 24.8 Å². The van der Waals surface area contributed by atoms with Crippen molar-refractivity contribution in [3.63, 3.8) is 0 Å². The fourth-order valence-electron chi connectivity index (χ4n) is 2.54. The summed E-state index contributed by atoms with van der Waals surface area (Å²) in [6.45, 7) is 4.41. The summed E-state index contributed by atoms with van der Waals surface area (Å²) in [5.74, 6) is 1.22. The molecule has 1 aromatic carbocycles. The molecule has 3 rings (SSSR count). The lowest BCUT2D eigenvalue weighted by Gasteiger charge is -2.28. The average molecular weight is 241 g/mol. The second kappa shape index (κ2) is 4.84. The quantitative estimate of drug-likeness (QED) is 0.805. The molecule has 0 N–H and O–H groups in total. The van der Waals surface area contributed by atoms with E-state index in [4.69, 9.17) is 0 Å². The van der Waals surface area contributed by atoms with Crippen molar-refractivity contribution in [1.82, 2.24) is 9.78 Å². The summed E-state index contributed by atoms with van der Waals surface area (Å²) in [5.41, 5.74) is 2.43. The predicted octanol–water partition coefficient (Wildman–Crippen LogP) is 3.17. The third-order valence-corrected chi connectivity index (χ3v) is 3.58. The van der Waals surface area contributed by atoms with Crippen LogP contribution in [0.15, 0.2) is 36.5 Å². The minimum absolute atomic E-state index is 1.14. The summed E-state index contributed by atoms with van der Waals surface area (Å²) in [6.07, 6.45) is 5.83. The van der Waals surface area contributed by atoms with Gasteiger partial charge in [-0.2, -0.15) is 5.10 Å². The van der Waals surface area contributed by atoms with Crippen LogP contribution in [0.2, 0.25) is 0 Å². The Kier molecular flexibility index (Phi) is 3.05. The topological polar surface area (TPSA) is 21.1 Å². The van der Waals surface area contributed by atoms with Crippen LogP contribution >= 0.6 is 0 Å². The van der Waals surface area contributed by atoms with Gasteiger partial charge in [0, 0.05) is 19.2 Å². The Bertz CT molecular complexity index is 507. The molecule has 2 heterocycles. The molecule has 0 amide bonds. The Morgan fingerprint density at radius 1 is 0.944 bits per heavy atom. The molecule has 0 atom stereocenters. The minimum Gasteiger partial charge on any atom is -0.357 e. The van der Waals surface area contributed by atoms with E-state index in [0.717, 1.165) is 18.8 Å². The van der Waals surface area contributed by atoms with Crippen LogP contribution in [0, 0.1) is 6.92 Å². The third kappa shape index (κ3) is 2.13. The van der Waals surface area contributed by atoms with E-state index < -0.39 is 0 Å². The van der Waals surface area contributed by atoms with Gasteiger partial charge in [0.2, 0.25) is 0 Å². The molecule has 3 nitrogen and oxygen atoms in total. The Morgan fingerprint density at radius 2 is 1.67 bits per heavy atom. The molecule has 0 radical (unpaired) electrons. The zero-order valence-electron chi connectivity index (χ0n) is 10.8. The highest BCUT2D eigenvalue weighted by atomic mass is 15.4. The maximum Gasteiger partial charge on any atom is 0.132 e. The SMILES string of the molecule is Cc1ccc(-n2nccc2N2CCCCC2)cc1. The second-order valence-electron chi connectivity index (χ2n) is 4.98. The van der Waals surface area contributed by atoms with Gasteiger partial charge in [-0.3, -0.25) is 0 Å². The van der Waals surface area contributed by atoms with Crippen LogP contribution in [0.3, 0.4) is 0 Å². The van der Waals surface area contributed by atoms with Gasteiger partial charge in [0.05, 0.1) is 11.9 Å². The first kappa shape index (κ1) is 11.3. The number of hydrogen-bond acceptors (Lipinski definition) is 2. The first-order valence-corrected chi connectivity index (χ1v) is 6.70. The third-order valence-electron chi connectivity index (χ3n) is 3.58. The highest BCUT2D eigenvalue weighted by Gasteiger charge is 2.15. The zero-order chi connectivity index (χ0) is 12.4. The number of benzene rings is 1. The van der Waals surface area contributed by atoms with Gasteiger partial charge in [-0.05, 0) is 38.3 Å². The lowest BCUT2D eigenvalue weighted by atomic mass is 10.1. The fraction of sp³-hybridized carbons (Fsp3) is 0.400. The van der Waals surface area contributed by atoms with Gasteiger partial charge in [-0.1, -0.05) is 17.7 Å². The van der Waals surface area contributed by atoms with E-state index in [1.54, 1.807) is 0 Å². The van der Waals surface area contributed by atoms with Crippen molar-refractivity contribution in [2.45, 2.75) is 26.2 Å². The lowest BCUT2D eigenvalue weighted by Crippen LogP contribution is -2.31. The molecule has 0 spiro atoms. The monoisotopic (exact) mass is 241 g/mol. The van der Waals surface area contributed by atoms with Gasteiger partial charge in [0.25, 0.3) is 0 Å². The van der Waals surface area contributed by atoms with E-state index in [-0.39, 0.29) is 0 Å². The van der Waals surface area contributed by atoms with Gasteiger partial charge in [0.15, 0.2) is 0 Å². The van der Waals surface area contributed by atoms with Gasteiger partial charge in [-0.15, -0.1) is 0 Å². The van der Waals surface area contributed by atoms with Gasteiger partial charge in [0.1, 0.15) is 5.82 Å². The predicted molar refractivity (Wildman–Crippen MR) is 74.4 cm³/mol. The van der Waals surface area contributed by atoms with Crippen molar-refractivity contribution in [2.24, 2.45) is 0 Å². The molecule has 1 aromatic heterocycles. The number of anilines is 1. The number of aryl methyl sites for hydroxylation is 1. The average Bonchev–Trinajstić information content (AvgIpc) is 2.90. The van der Waals surface area contributed by atoms with E-state index in [1.807, 2.05) is 10.9 Å². The number of piperidine rings is 1. The van der Waals surface area contributed by atoms with Gasteiger partial charge in [-0.25, -0.2) is 4.68 Å². The van der Waals surface area contributed by atoms with Crippen molar-refractivity contribution in [1.29, 1.82) is 0 Å². The molecule has 1 aliphatic rings. The molecule has 2 aromatic rings. The highest BCUT2D eigenvalue weighted by molar-refractivity contribution is 5.47. The standard InChI is InChI=1S/C15H19N3/c1-13-5-7-14(8-6-13)18-15(9-10-16-18)17-11-3-2-4-12-17/h5-10H,2-4,11-12H2,1H3. The Labute approximate surface area is 108 Å². The van der Waals surface area contributed by atoms with Gasteiger partial charge >= 0.3 is 0 Å². The molecule has 1 fully saturated rings. The Morgan fingerprint density at radius 3 is 2.39 bits per heavy atom. The molecule has 0 bridgehead atoms. The highest BCUT2D eigenvalue weighted by Crippen LogP contribution is 2.22. The summed E-state index contributed by atoms with van der Waals surface area (Å²) in [6, 6.07) is 10.7. The smallest absolute Gasteiger partial charge is 0.132 e. The van der Waals surface area contributed by atoms with Crippen LogP contribution in [0.5, 0.6) is 0 Å². The largest absolute Gasteiger partial charge is 0.357 e. The molecule has 18 heavy (non-hydrogen) atoms. The number of aromatic nitrogens is 2. The van der Waals surface area contributed by atoms with Crippen molar-refractivity contribution in [3.8, 4) is 5.69 Å². The Balaban J connectivity index is 1.93. The first-order chi connectivity index (χ1) is 8.84. The summed E-state index contributed by atoms with van der Waals surface area (Å²) >= 11 is 0. The van der Waals surface area contributed by atoms with Crippen molar-refractivity contribution >= 4 is 5.82 Å². The van der Waals surface area contributed by atoms with E-state index in [0.29, 0.717) is 0 Å². The molecule has 1 saturated heterocycles. The van der Waals surface area contributed by atoms with E-state index >= 15 is 0 Å². The summed E-state index contributed by atoms with van der Waals surface area (Å²) in [4.78, 5) is 2.44.